The second kappa shape index (κ2) is 6.12. The summed E-state index contributed by atoms with van der Waals surface area (Å²) in [6.45, 7) is 2.99. The molecular weight excluding hydrogens is 268 g/mol. The summed E-state index contributed by atoms with van der Waals surface area (Å²) in [5.74, 6) is 0.749. The molecule has 0 unspecified atom stereocenters. The summed E-state index contributed by atoms with van der Waals surface area (Å²) in [5.41, 5.74) is 0. The molecule has 5 nitrogen and oxygen atoms in total. The Morgan fingerprint density at radius 2 is 2.16 bits per heavy atom. The molecule has 1 heterocycles. The van der Waals surface area contributed by atoms with Crippen molar-refractivity contribution in [1.29, 1.82) is 0 Å². The molecule has 1 aromatic carbocycles. The van der Waals surface area contributed by atoms with Gasteiger partial charge in [-0.25, -0.2) is 4.79 Å². The van der Waals surface area contributed by atoms with Gasteiger partial charge in [0.2, 0.25) is 0 Å². The minimum Gasteiger partial charge on any atom is -0.487 e. The van der Waals surface area contributed by atoms with Crippen LogP contribution in [0.15, 0.2) is 24.3 Å². The number of likely N-dealkylation sites (tertiary alicyclic amines) is 1. The largest absolute Gasteiger partial charge is 0.487 e. The average Bonchev–Trinajstić information content (AvgIpc) is 2.32. The minimum absolute atomic E-state index is 0.0125. The SMILES string of the molecule is C[C@H](O)CNC(=O)N1CC(Oc2ccc(Cl)cc2)C1. The fourth-order valence-corrected chi connectivity index (χ4v) is 1.86. The molecule has 0 aromatic heterocycles. The average molecular weight is 285 g/mol. The number of benzene rings is 1. The maximum Gasteiger partial charge on any atom is 0.317 e. The molecule has 0 bridgehead atoms. The molecule has 1 saturated heterocycles. The lowest BCUT2D eigenvalue weighted by molar-refractivity contribution is 0.0433. The second-order valence-corrected chi connectivity index (χ2v) is 5.07. The fourth-order valence-electron chi connectivity index (χ4n) is 1.73. The van der Waals surface area contributed by atoms with Crippen molar-refractivity contribution in [2.24, 2.45) is 0 Å². The molecule has 2 N–H and O–H groups in total. The highest BCUT2D eigenvalue weighted by Gasteiger charge is 2.32. The summed E-state index contributed by atoms with van der Waals surface area (Å²) >= 11 is 5.78. The zero-order chi connectivity index (χ0) is 13.8. The third-order valence-corrected chi connectivity index (χ3v) is 3.05. The Bertz CT molecular complexity index is 430. The number of rotatable bonds is 4. The van der Waals surface area contributed by atoms with Crippen LogP contribution in [0.2, 0.25) is 5.02 Å². The highest BCUT2D eigenvalue weighted by molar-refractivity contribution is 6.30. The Hall–Kier alpha value is -1.46. The number of urea groups is 1. The van der Waals surface area contributed by atoms with Crippen molar-refractivity contribution in [2.45, 2.75) is 19.1 Å². The van der Waals surface area contributed by atoms with E-state index in [0.29, 0.717) is 18.1 Å². The van der Waals surface area contributed by atoms with Crippen LogP contribution in [0.5, 0.6) is 5.75 Å². The lowest BCUT2D eigenvalue weighted by atomic mass is 10.2. The van der Waals surface area contributed by atoms with Gasteiger partial charge in [-0.2, -0.15) is 0 Å². The number of carbonyl (C=O) groups excluding carboxylic acids is 1. The number of nitrogens with zero attached hydrogens (tertiary/aromatic N) is 1. The predicted molar refractivity (Wildman–Crippen MR) is 72.5 cm³/mol. The van der Waals surface area contributed by atoms with E-state index >= 15 is 0 Å². The van der Waals surface area contributed by atoms with Gasteiger partial charge in [-0.15, -0.1) is 0 Å². The van der Waals surface area contributed by atoms with E-state index in [9.17, 15) is 4.79 Å². The first-order chi connectivity index (χ1) is 9.04. The first-order valence-corrected chi connectivity index (χ1v) is 6.55. The maximum absolute atomic E-state index is 11.6. The van der Waals surface area contributed by atoms with Gasteiger partial charge < -0.3 is 20.1 Å². The Kier molecular flexibility index (Phi) is 4.50. The number of hydrogen-bond donors (Lipinski definition) is 2. The van der Waals surface area contributed by atoms with Gasteiger partial charge in [0.1, 0.15) is 11.9 Å². The Labute approximate surface area is 117 Å². The van der Waals surface area contributed by atoms with E-state index in [0.717, 1.165) is 5.75 Å². The van der Waals surface area contributed by atoms with Gasteiger partial charge in [0.05, 0.1) is 19.2 Å². The molecule has 2 rings (SSSR count). The predicted octanol–water partition coefficient (Wildman–Crippen LogP) is 1.49. The van der Waals surface area contributed by atoms with Gasteiger partial charge in [-0.1, -0.05) is 11.6 Å². The molecule has 2 amide bonds. The van der Waals surface area contributed by atoms with E-state index in [-0.39, 0.29) is 18.7 Å². The molecule has 104 valence electrons. The number of aliphatic hydroxyl groups excluding tert-OH is 1. The molecule has 1 fully saturated rings. The van der Waals surface area contributed by atoms with Crippen LogP contribution in [0.3, 0.4) is 0 Å². The lowest BCUT2D eigenvalue weighted by Crippen LogP contribution is -2.59. The number of nitrogens with one attached hydrogen (secondary N) is 1. The molecular formula is C13H17ClN2O3. The molecule has 1 aromatic rings. The van der Waals surface area contributed by atoms with Crippen LogP contribution < -0.4 is 10.1 Å². The van der Waals surface area contributed by atoms with Crippen LogP contribution in [0.1, 0.15) is 6.92 Å². The molecule has 0 spiro atoms. The van der Waals surface area contributed by atoms with Crippen LogP contribution >= 0.6 is 11.6 Å². The zero-order valence-electron chi connectivity index (χ0n) is 10.7. The van der Waals surface area contributed by atoms with Gasteiger partial charge in [-0.05, 0) is 31.2 Å². The normalized spacial score (nSPS) is 16.7. The van der Waals surface area contributed by atoms with Crippen LogP contribution in [0.25, 0.3) is 0 Å². The van der Waals surface area contributed by atoms with E-state index in [1.54, 1.807) is 36.1 Å². The third-order valence-electron chi connectivity index (χ3n) is 2.80. The van der Waals surface area contributed by atoms with Gasteiger partial charge in [0, 0.05) is 11.6 Å². The summed E-state index contributed by atoms with van der Waals surface area (Å²) in [4.78, 5) is 13.2. The van der Waals surface area contributed by atoms with E-state index < -0.39 is 6.10 Å². The highest BCUT2D eigenvalue weighted by atomic mass is 35.5. The summed E-state index contributed by atoms with van der Waals surface area (Å²) in [6, 6.07) is 6.97. The summed E-state index contributed by atoms with van der Waals surface area (Å²) in [5, 5.41) is 12.4. The monoisotopic (exact) mass is 284 g/mol. The number of aliphatic hydroxyl groups is 1. The van der Waals surface area contributed by atoms with Crippen molar-refractivity contribution in [1.82, 2.24) is 10.2 Å². The summed E-state index contributed by atoms with van der Waals surface area (Å²) in [7, 11) is 0. The second-order valence-electron chi connectivity index (χ2n) is 4.63. The molecule has 19 heavy (non-hydrogen) atoms. The molecule has 0 aliphatic carbocycles. The van der Waals surface area contributed by atoms with Crippen molar-refractivity contribution < 1.29 is 14.6 Å². The van der Waals surface area contributed by atoms with Crippen molar-refractivity contribution in [2.75, 3.05) is 19.6 Å². The Morgan fingerprint density at radius 1 is 1.53 bits per heavy atom. The van der Waals surface area contributed by atoms with Gasteiger partial charge in [-0.3, -0.25) is 0 Å². The maximum atomic E-state index is 11.6. The van der Waals surface area contributed by atoms with Gasteiger partial charge in [0.15, 0.2) is 0 Å². The van der Waals surface area contributed by atoms with Crippen LogP contribution in [-0.2, 0) is 0 Å². The molecule has 0 saturated carbocycles. The number of hydrogen-bond acceptors (Lipinski definition) is 3. The van der Waals surface area contributed by atoms with Crippen molar-refractivity contribution >= 4 is 17.6 Å². The van der Waals surface area contributed by atoms with Crippen molar-refractivity contribution in [3.8, 4) is 5.75 Å². The molecule has 1 atom stereocenters. The Balaban J connectivity index is 1.71. The summed E-state index contributed by atoms with van der Waals surface area (Å²) < 4.78 is 5.68. The summed E-state index contributed by atoms with van der Waals surface area (Å²) in [6.07, 6.45) is -0.523. The molecule has 1 aliphatic rings. The van der Waals surface area contributed by atoms with E-state index in [4.69, 9.17) is 21.4 Å². The van der Waals surface area contributed by atoms with Crippen LogP contribution in [-0.4, -0.2) is 47.9 Å². The minimum atomic E-state index is -0.536. The van der Waals surface area contributed by atoms with Crippen LogP contribution in [0, 0.1) is 0 Å². The van der Waals surface area contributed by atoms with Crippen LogP contribution in [0.4, 0.5) is 4.79 Å². The van der Waals surface area contributed by atoms with Gasteiger partial charge in [0.25, 0.3) is 0 Å². The van der Waals surface area contributed by atoms with Gasteiger partial charge >= 0.3 is 6.03 Å². The fraction of sp³-hybridized carbons (Fsp3) is 0.462. The van der Waals surface area contributed by atoms with Crippen molar-refractivity contribution in [3.63, 3.8) is 0 Å². The number of amides is 2. The first kappa shape index (κ1) is 14.0. The number of carbonyl (C=O) groups is 1. The van der Waals surface area contributed by atoms with E-state index in [1.165, 1.54) is 0 Å². The lowest BCUT2D eigenvalue weighted by Gasteiger charge is -2.38. The van der Waals surface area contributed by atoms with E-state index in [1.807, 2.05) is 0 Å². The molecule has 0 radical (unpaired) electrons. The standard InChI is InChI=1S/C13H17ClN2O3/c1-9(17)6-15-13(18)16-7-12(8-16)19-11-4-2-10(14)3-5-11/h2-5,9,12,17H,6-8H2,1H3,(H,15,18)/t9-/m0/s1. The Morgan fingerprint density at radius 3 is 2.74 bits per heavy atom. The van der Waals surface area contributed by atoms with Crippen molar-refractivity contribution in [3.05, 3.63) is 29.3 Å². The first-order valence-electron chi connectivity index (χ1n) is 6.17. The zero-order valence-corrected chi connectivity index (χ0v) is 11.4. The smallest absolute Gasteiger partial charge is 0.317 e. The number of ether oxygens (including phenoxy) is 1. The van der Waals surface area contributed by atoms with E-state index in [2.05, 4.69) is 5.32 Å². The third kappa shape index (κ3) is 4.01. The highest BCUT2D eigenvalue weighted by Crippen LogP contribution is 2.20. The molecule has 6 heteroatoms. The number of halogens is 1. The molecule has 1 aliphatic heterocycles. The quantitative estimate of drug-likeness (QED) is 0.881. The topological polar surface area (TPSA) is 61.8 Å².